The monoisotopic (exact) mass is 306 g/mol. The normalized spacial score (nSPS) is 22.4. The van der Waals surface area contributed by atoms with Crippen LogP contribution in [0, 0.1) is 0 Å². The summed E-state index contributed by atoms with van der Waals surface area (Å²) >= 11 is 6.01. The van der Waals surface area contributed by atoms with Crippen LogP contribution in [0.3, 0.4) is 0 Å². The highest BCUT2D eigenvalue weighted by atomic mass is 35.5. The van der Waals surface area contributed by atoms with Crippen LogP contribution in [0.25, 0.3) is 10.9 Å². The molecule has 0 saturated carbocycles. The van der Waals surface area contributed by atoms with Crippen LogP contribution in [0.5, 0.6) is 0 Å². The molecular formula is C15H19ClN4O. The Balaban J connectivity index is 1.92. The summed E-state index contributed by atoms with van der Waals surface area (Å²) in [4.78, 5) is 12.8. The van der Waals surface area contributed by atoms with Crippen LogP contribution in [0.1, 0.15) is 6.42 Å². The molecule has 0 spiro atoms. The van der Waals surface area contributed by atoms with Gasteiger partial charge < -0.3 is 14.9 Å². The van der Waals surface area contributed by atoms with E-state index in [1.807, 2.05) is 37.2 Å². The third-order valence-corrected chi connectivity index (χ3v) is 4.05. The first kappa shape index (κ1) is 14.5. The second-order valence-electron chi connectivity index (χ2n) is 5.99. The summed E-state index contributed by atoms with van der Waals surface area (Å²) in [7, 11) is 3.95. The minimum atomic E-state index is -0.687. The molecule has 1 aliphatic rings. The van der Waals surface area contributed by atoms with E-state index in [1.165, 1.54) is 0 Å². The van der Waals surface area contributed by atoms with Crippen molar-refractivity contribution in [1.29, 1.82) is 0 Å². The predicted octanol–water partition coefficient (Wildman–Crippen LogP) is 1.79. The van der Waals surface area contributed by atoms with E-state index in [2.05, 4.69) is 14.9 Å². The SMILES string of the molecule is CN(C)CC1(O)CCN(c2ncnc3cc(Cl)ccc23)C1. The Morgan fingerprint density at radius 1 is 1.38 bits per heavy atom. The van der Waals surface area contributed by atoms with Gasteiger partial charge in [0.25, 0.3) is 0 Å². The van der Waals surface area contributed by atoms with Crippen LogP contribution in [0.15, 0.2) is 24.5 Å². The average molecular weight is 307 g/mol. The molecule has 1 saturated heterocycles. The lowest BCUT2D eigenvalue weighted by Crippen LogP contribution is -2.42. The van der Waals surface area contributed by atoms with Gasteiger partial charge in [0, 0.05) is 30.0 Å². The highest BCUT2D eigenvalue weighted by Crippen LogP contribution is 2.31. The Kier molecular flexibility index (Phi) is 3.73. The molecule has 0 bridgehead atoms. The van der Waals surface area contributed by atoms with Gasteiger partial charge in [-0.2, -0.15) is 0 Å². The fourth-order valence-electron chi connectivity index (χ4n) is 3.02. The van der Waals surface area contributed by atoms with E-state index in [9.17, 15) is 5.11 Å². The van der Waals surface area contributed by atoms with Gasteiger partial charge in [-0.3, -0.25) is 0 Å². The molecule has 1 aliphatic heterocycles. The van der Waals surface area contributed by atoms with Crippen molar-refractivity contribution in [3.63, 3.8) is 0 Å². The van der Waals surface area contributed by atoms with Gasteiger partial charge >= 0.3 is 0 Å². The number of aromatic nitrogens is 2. The van der Waals surface area contributed by atoms with Crippen LogP contribution in [-0.4, -0.2) is 59.3 Å². The van der Waals surface area contributed by atoms with Crippen molar-refractivity contribution in [2.24, 2.45) is 0 Å². The Morgan fingerprint density at radius 3 is 2.95 bits per heavy atom. The molecule has 2 heterocycles. The summed E-state index contributed by atoms with van der Waals surface area (Å²) in [6.45, 7) is 2.03. The summed E-state index contributed by atoms with van der Waals surface area (Å²) in [5, 5.41) is 12.3. The maximum atomic E-state index is 10.7. The Hall–Kier alpha value is -1.43. The van der Waals surface area contributed by atoms with E-state index in [0.29, 0.717) is 18.1 Å². The van der Waals surface area contributed by atoms with E-state index in [4.69, 9.17) is 11.6 Å². The fourth-order valence-corrected chi connectivity index (χ4v) is 3.19. The number of β-amino-alcohol motifs (C(OH)–C–C–N with tert-alkyl or cyclic N) is 1. The first-order valence-corrected chi connectivity index (χ1v) is 7.37. The van der Waals surface area contributed by atoms with Crippen LogP contribution in [0.4, 0.5) is 5.82 Å². The van der Waals surface area contributed by atoms with Crippen molar-refractivity contribution in [3.8, 4) is 0 Å². The summed E-state index contributed by atoms with van der Waals surface area (Å²) in [5.74, 6) is 0.867. The number of nitrogens with zero attached hydrogens (tertiary/aromatic N) is 4. The molecule has 2 aromatic rings. The third-order valence-electron chi connectivity index (χ3n) is 3.82. The number of hydrogen-bond donors (Lipinski definition) is 1. The van der Waals surface area contributed by atoms with E-state index in [0.717, 1.165) is 29.7 Å². The Morgan fingerprint density at radius 2 is 2.19 bits per heavy atom. The Labute approximate surface area is 129 Å². The lowest BCUT2D eigenvalue weighted by Gasteiger charge is -2.27. The number of fused-ring (bicyclic) bond motifs is 1. The molecule has 1 fully saturated rings. The zero-order valence-corrected chi connectivity index (χ0v) is 13.0. The molecule has 1 atom stereocenters. The molecule has 0 amide bonds. The van der Waals surface area contributed by atoms with Crippen LogP contribution in [-0.2, 0) is 0 Å². The van der Waals surface area contributed by atoms with E-state index in [1.54, 1.807) is 6.33 Å². The summed E-state index contributed by atoms with van der Waals surface area (Å²) in [6.07, 6.45) is 2.29. The highest BCUT2D eigenvalue weighted by Gasteiger charge is 2.37. The molecule has 3 rings (SSSR count). The number of benzene rings is 1. The van der Waals surface area contributed by atoms with Crippen molar-refractivity contribution >= 4 is 28.3 Å². The molecule has 0 aliphatic carbocycles. The number of aliphatic hydroxyl groups is 1. The van der Waals surface area contributed by atoms with E-state index in [-0.39, 0.29) is 0 Å². The van der Waals surface area contributed by atoms with Crippen molar-refractivity contribution in [1.82, 2.24) is 14.9 Å². The summed E-state index contributed by atoms with van der Waals surface area (Å²) in [6, 6.07) is 5.62. The fraction of sp³-hybridized carbons (Fsp3) is 0.467. The van der Waals surface area contributed by atoms with Crippen molar-refractivity contribution < 1.29 is 5.11 Å². The van der Waals surface area contributed by atoms with Crippen molar-refractivity contribution in [2.75, 3.05) is 38.6 Å². The first-order valence-electron chi connectivity index (χ1n) is 6.99. The third kappa shape index (κ3) is 2.95. The van der Waals surface area contributed by atoms with Crippen molar-refractivity contribution in [3.05, 3.63) is 29.5 Å². The van der Waals surface area contributed by atoms with Gasteiger partial charge in [-0.25, -0.2) is 9.97 Å². The molecule has 0 radical (unpaired) electrons. The smallest absolute Gasteiger partial charge is 0.139 e. The highest BCUT2D eigenvalue weighted by molar-refractivity contribution is 6.31. The Bertz CT molecular complexity index is 663. The average Bonchev–Trinajstić information content (AvgIpc) is 2.78. The van der Waals surface area contributed by atoms with Gasteiger partial charge in [0.15, 0.2) is 0 Å². The minimum absolute atomic E-state index is 0.583. The zero-order chi connectivity index (χ0) is 15.0. The lowest BCUT2D eigenvalue weighted by molar-refractivity contribution is 0.0366. The molecule has 1 aromatic heterocycles. The molecule has 1 unspecified atom stereocenters. The number of likely N-dealkylation sites (N-methyl/N-ethyl adjacent to an activating group) is 1. The summed E-state index contributed by atoms with van der Waals surface area (Å²) < 4.78 is 0. The van der Waals surface area contributed by atoms with Gasteiger partial charge in [0.1, 0.15) is 12.1 Å². The quantitative estimate of drug-likeness (QED) is 0.937. The molecule has 6 heteroatoms. The van der Waals surface area contributed by atoms with Gasteiger partial charge in [0.2, 0.25) is 0 Å². The summed E-state index contributed by atoms with van der Waals surface area (Å²) in [5.41, 5.74) is 0.142. The van der Waals surface area contributed by atoms with E-state index >= 15 is 0 Å². The molecule has 21 heavy (non-hydrogen) atoms. The van der Waals surface area contributed by atoms with Crippen LogP contribution in [0.2, 0.25) is 5.02 Å². The maximum Gasteiger partial charge on any atom is 0.139 e. The predicted molar refractivity (Wildman–Crippen MR) is 84.9 cm³/mol. The van der Waals surface area contributed by atoms with Crippen LogP contribution < -0.4 is 4.90 Å². The number of rotatable bonds is 3. The molecule has 1 aromatic carbocycles. The molecule has 112 valence electrons. The molecular weight excluding hydrogens is 288 g/mol. The maximum absolute atomic E-state index is 10.7. The molecule has 5 nitrogen and oxygen atoms in total. The second kappa shape index (κ2) is 5.40. The lowest BCUT2D eigenvalue weighted by atomic mass is 10.0. The zero-order valence-electron chi connectivity index (χ0n) is 12.3. The topological polar surface area (TPSA) is 52.5 Å². The van der Waals surface area contributed by atoms with Crippen molar-refractivity contribution in [2.45, 2.75) is 12.0 Å². The first-order chi connectivity index (χ1) is 9.97. The van der Waals surface area contributed by atoms with E-state index < -0.39 is 5.60 Å². The van der Waals surface area contributed by atoms with Gasteiger partial charge in [0.05, 0.1) is 11.1 Å². The van der Waals surface area contributed by atoms with Gasteiger partial charge in [-0.1, -0.05) is 11.6 Å². The number of halogens is 1. The van der Waals surface area contributed by atoms with Gasteiger partial charge in [-0.15, -0.1) is 0 Å². The number of anilines is 1. The van der Waals surface area contributed by atoms with Crippen LogP contribution >= 0.6 is 11.6 Å². The minimum Gasteiger partial charge on any atom is -0.387 e. The second-order valence-corrected chi connectivity index (χ2v) is 6.43. The van der Waals surface area contributed by atoms with Gasteiger partial charge in [-0.05, 0) is 38.7 Å². The number of hydrogen-bond acceptors (Lipinski definition) is 5. The largest absolute Gasteiger partial charge is 0.387 e. The standard InChI is InChI=1S/C15H19ClN4O/c1-19(2)8-15(21)5-6-20(9-15)14-12-4-3-11(16)7-13(12)17-10-18-14/h3-4,7,10,21H,5-6,8-9H2,1-2H3. The molecule has 1 N–H and O–H groups in total.